The molecule has 2 aliphatic heterocycles. The molecule has 1 fully saturated rings. The molecule has 3 atom stereocenters. The number of Topliss-reactive ketones (excluding diaryl/α,β-unsaturated/α-hetero) is 1. The van der Waals surface area contributed by atoms with Gasteiger partial charge >= 0.3 is 5.97 Å². The van der Waals surface area contributed by atoms with Crippen LogP contribution in [0.2, 0.25) is 0 Å². The number of carbonyl (C=O) groups is 2. The zero-order valence-corrected chi connectivity index (χ0v) is 17.8. The molecule has 0 aromatic heterocycles. The van der Waals surface area contributed by atoms with E-state index in [4.69, 9.17) is 9.47 Å². The lowest BCUT2D eigenvalue weighted by Crippen LogP contribution is -2.38. The average molecular weight is 414 g/mol. The third-order valence-corrected chi connectivity index (χ3v) is 6.74. The van der Waals surface area contributed by atoms with E-state index in [-0.39, 0.29) is 30.4 Å². The molecule has 0 bridgehead atoms. The van der Waals surface area contributed by atoms with Crippen LogP contribution < -0.4 is 0 Å². The summed E-state index contributed by atoms with van der Waals surface area (Å²) in [6.45, 7) is 2.87. The summed E-state index contributed by atoms with van der Waals surface area (Å²) in [7, 11) is 0. The SMILES string of the molecule is CSc1ccc([C@H]2C3=C(CCCC3=O)N=C(C)C2C(=O)OC[C@H]2CCCO2)cc1. The molecule has 3 aliphatic rings. The van der Waals surface area contributed by atoms with Crippen LogP contribution >= 0.6 is 11.8 Å². The van der Waals surface area contributed by atoms with Gasteiger partial charge in [0.25, 0.3) is 0 Å². The summed E-state index contributed by atoms with van der Waals surface area (Å²) in [6.07, 6.45) is 6.05. The van der Waals surface area contributed by atoms with Gasteiger partial charge in [-0.2, -0.15) is 0 Å². The van der Waals surface area contributed by atoms with Crippen molar-refractivity contribution < 1.29 is 19.1 Å². The van der Waals surface area contributed by atoms with Crippen LogP contribution in [0.25, 0.3) is 0 Å². The van der Waals surface area contributed by atoms with Crippen molar-refractivity contribution in [2.45, 2.75) is 55.9 Å². The van der Waals surface area contributed by atoms with Gasteiger partial charge in [0.1, 0.15) is 12.5 Å². The van der Waals surface area contributed by atoms with Gasteiger partial charge in [-0.05, 0) is 56.6 Å². The molecular formula is C23H27NO4S. The van der Waals surface area contributed by atoms with Crippen LogP contribution in [0, 0.1) is 5.92 Å². The Hall–Kier alpha value is -1.92. The monoisotopic (exact) mass is 413 g/mol. The third-order valence-electron chi connectivity index (χ3n) is 6.00. The van der Waals surface area contributed by atoms with Crippen molar-refractivity contribution in [2.24, 2.45) is 10.9 Å². The fourth-order valence-electron chi connectivity index (χ4n) is 4.52. The lowest BCUT2D eigenvalue weighted by molar-refractivity contribution is -0.149. The van der Waals surface area contributed by atoms with Crippen molar-refractivity contribution in [1.82, 2.24) is 0 Å². The second-order valence-electron chi connectivity index (χ2n) is 7.88. The molecule has 5 nitrogen and oxygen atoms in total. The standard InChI is InChI=1S/C23H27NO4S/c1-14-20(23(26)28-13-16-5-4-12-27-16)21(15-8-10-17(29-2)11-9-15)22-18(24-14)6-3-7-19(22)25/h8-11,16,20-21H,3-7,12-13H2,1-2H3/t16-,20?,21-/m1/s1. The number of thioether (sulfide) groups is 1. The first kappa shape index (κ1) is 20.4. The lowest BCUT2D eigenvalue weighted by atomic mass is 9.72. The smallest absolute Gasteiger partial charge is 0.315 e. The van der Waals surface area contributed by atoms with Gasteiger partial charge in [0.15, 0.2) is 5.78 Å². The first-order chi connectivity index (χ1) is 14.1. The molecule has 1 aliphatic carbocycles. The highest BCUT2D eigenvalue weighted by atomic mass is 32.2. The fraction of sp³-hybridized carbons (Fsp3) is 0.522. The first-order valence-corrected chi connectivity index (χ1v) is 11.5. The molecule has 4 rings (SSSR count). The van der Waals surface area contributed by atoms with E-state index in [0.717, 1.165) is 54.2 Å². The highest BCUT2D eigenvalue weighted by molar-refractivity contribution is 7.98. The van der Waals surface area contributed by atoms with Crippen LogP contribution in [0.15, 0.2) is 45.4 Å². The molecule has 6 heteroatoms. The van der Waals surface area contributed by atoms with Crippen molar-refractivity contribution in [1.29, 1.82) is 0 Å². The molecule has 0 radical (unpaired) electrons. The molecular weight excluding hydrogens is 386 g/mol. The number of benzene rings is 1. The van der Waals surface area contributed by atoms with E-state index in [1.54, 1.807) is 11.8 Å². The Labute approximate surface area is 175 Å². The molecule has 0 spiro atoms. The van der Waals surface area contributed by atoms with E-state index >= 15 is 0 Å². The number of hydrogen-bond acceptors (Lipinski definition) is 6. The fourth-order valence-corrected chi connectivity index (χ4v) is 4.93. The number of nitrogens with zero attached hydrogens (tertiary/aromatic N) is 1. The second kappa shape index (κ2) is 8.84. The topological polar surface area (TPSA) is 65.0 Å². The van der Waals surface area contributed by atoms with Gasteiger partial charge < -0.3 is 9.47 Å². The van der Waals surface area contributed by atoms with Crippen molar-refractivity contribution in [3.05, 3.63) is 41.1 Å². The molecule has 2 heterocycles. The number of aliphatic imine (C=N–C) groups is 1. The summed E-state index contributed by atoms with van der Waals surface area (Å²) in [5.41, 5.74) is 3.26. The van der Waals surface area contributed by atoms with E-state index in [1.807, 2.05) is 37.4 Å². The lowest BCUT2D eigenvalue weighted by Gasteiger charge is -2.34. The number of ketones is 1. The highest BCUT2D eigenvalue weighted by Crippen LogP contribution is 2.43. The molecule has 1 saturated heterocycles. The zero-order valence-electron chi connectivity index (χ0n) is 17.0. The number of hydrogen-bond donors (Lipinski definition) is 0. The Morgan fingerprint density at radius 3 is 2.72 bits per heavy atom. The Morgan fingerprint density at radius 1 is 1.24 bits per heavy atom. The Bertz CT molecular complexity index is 852. The quantitative estimate of drug-likeness (QED) is 0.532. The average Bonchev–Trinajstić information content (AvgIpc) is 3.25. The second-order valence-corrected chi connectivity index (χ2v) is 8.76. The van der Waals surface area contributed by atoms with E-state index in [9.17, 15) is 9.59 Å². The van der Waals surface area contributed by atoms with Crippen LogP contribution in [0.5, 0.6) is 0 Å². The Morgan fingerprint density at radius 2 is 2.03 bits per heavy atom. The Kier molecular flexibility index (Phi) is 6.20. The maximum atomic E-state index is 13.2. The van der Waals surface area contributed by atoms with Crippen molar-refractivity contribution >= 4 is 29.2 Å². The van der Waals surface area contributed by atoms with Crippen LogP contribution in [0.1, 0.15) is 50.5 Å². The van der Waals surface area contributed by atoms with Crippen molar-refractivity contribution in [3.8, 4) is 0 Å². The van der Waals surface area contributed by atoms with Crippen LogP contribution in [-0.2, 0) is 19.1 Å². The van der Waals surface area contributed by atoms with E-state index in [0.29, 0.717) is 12.0 Å². The predicted molar refractivity (Wildman–Crippen MR) is 113 cm³/mol. The largest absolute Gasteiger partial charge is 0.462 e. The summed E-state index contributed by atoms with van der Waals surface area (Å²) >= 11 is 1.67. The number of esters is 1. The summed E-state index contributed by atoms with van der Waals surface area (Å²) in [5.74, 6) is -1.11. The van der Waals surface area contributed by atoms with Crippen molar-refractivity contribution in [3.63, 3.8) is 0 Å². The van der Waals surface area contributed by atoms with Gasteiger partial charge in [-0.25, -0.2) is 0 Å². The maximum Gasteiger partial charge on any atom is 0.315 e. The maximum absolute atomic E-state index is 13.2. The van der Waals surface area contributed by atoms with Gasteiger partial charge in [0.05, 0.1) is 6.10 Å². The molecule has 0 N–H and O–H groups in total. The Balaban J connectivity index is 1.67. The normalized spacial score (nSPS) is 26.9. The van der Waals surface area contributed by atoms with Crippen LogP contribution in [0.3, 0.4) is 0 Å². The number of rotatable bonds is 5. The highest BCUT2D eigenvalue weighted by Gasteiger charge is 2.43. The molecule has 0 saturated carbocycles. The van der Waals surface area contributed by atoms with Crippen molar-refractivity contribution in [2.75, 3.05) is 19.5 Å². The summed E-state index contributed by atoms with van der Waals surface area (Å²) in [4.78, 5) is 31.9. The molecule has 1 unspecified atom stereocenters. The van der Waals surface area contributed by atoms with Crippen LogP contribution in [0.4, 0.5) is 0 Å². The number of carbonyl (C=O) groups excluding carboxylic acids is 2. The first-order valence-electron chi connectivity index (χ1n) is 10.3. The minimum absolute atomic E-state index is 0.0230. The molecule has 0 amide bonds. The summed E-state index contributed by atoms with van der Waals surface area (Å²) < 4.78 is 11.2. The zero-order chi connectivity index (χ0) is 20.4. The van der Waals surface area contributed by atoms with E-state index < -0.39 is 5.92 Å². The van der Waals surface area contributed by atoms with Gasteiger partial charge in [0, 0.05) is 40.8 Å². The van der Waals surface area contributed by atoms with Gasteiger partial charge in [-0.15, -0.1) is 11.8 Å². The van der Waals surface area contributed by atoms with E-state index in [1.165, 1.54) is 0 Å². The molecule has 154 valence electrons. The van der Waals surface area contributed by atoms with E-state index in [2.05, 4.69) is 4.99 Å². The molecule has 29 heavy (non-hydrogen) atoms. The van der Waals surface area contributed by atoms with Gasteiger partial charge in [-0.3, -0.25) is 14.6 Å². The number of ether oxygens (including phenoxy) is 2. The summed E-state index contributed by atoms with van der Waals surface area (Å²) in [5, 5.41) is 0. The van der Waals surface area contributed by atoms with Gasteiger partial charge in [-0.1, -0.05) is 12.1 Å². The third kappa shape index (κ3) is 4.19. The summed E-state index contributed by atoms with van der Waals surface area (Å²) in [6, 6.07) is 8.15. The van der Waals surface area contributed by atoms with Crippen LogP contribution in [-0.4, -0.2) is 43.0 Å². The van der Waals surface area contributed by atoms with Gasteiger partial charge in [0.2, 0.25) is 0 Å². The molecule has 1 aromatic carbocycles. The minimum atomic E-state index is -0.572. The number of allylic oxidation sites excluding steroid dienone is 2. The minimum Gasteiger partial charge on any atom is -0.462 e. The molecule has 1 aromatic rings. The predicted octanol–water partition coefficient (Wildman–Crippen LogP) is 4.31.